The van der Waals surface area contributed by atoms with Crippen LogP contribution in [-0.4, -0.2) is 9.97 Å². The summed E-state index contributed by atoms with van der Waals surface area (Å²) in [5, 5.41) is 3.20. The number of aryl methyl sites for hydroxylation is 2. The molecule has 0 spiro atoms. The molecule has 0 fully saturated rings. The summed E-state index contributed by atoms with van der Waals surface area (Å²) in [4.78, 5) is 8.53. The number of rotatable bonds is 3. The molecule has 16 heavy (non-hydrogen) atoms. The van der Waals surface area contributed by atoms with E-state index in [4.69, 9.17) is 0 Å². The fourth-order valence-electron chi connectivity index (χ4n) is 1.44. The van der Waals surface area contributed by atoms with Gasteiger partial charge in [0, 0.05) is 18.1 Å². The molecule has 0 aliphatic rings. The lowest BCUT2D eigenvalue weighted by atomic mass is 10.2. The number of anilines is 2. The first-order chi connectivity index (χ1) is 7.79. The van der Waals surface area contributed by atoms with Gasteiger partial charge in [0.15, 0.2) is 0 Å². The minimum atomic E-state index is 0.645. The standard InChI is InChI=1S/C13H15N3/c1-3-11-8-14-13(15-9-11)16-12-7-5-4-6-10(12)2/h4-9H,3H2,1-2H3,(H,14,15,16). The van der Waals surface area contributed by atoms with E-state index in [9.17, 15) is 0 Å². The van der Waals surface area contributed by atoms with Crippen LogP contribution in [0.1, 0.15) is 18.1 Å². The van der Waals surface area contributed by atoms with Crippen molar-refractivity contribution < 1.29 is 0 Å². The number of para-hydroxylation sites is 1. The molecule has 0 amide bonds. The van der Waals surface area contributed by atoms with Gasteiger partial charge in [-0.1, -0.05) is 25.1 Å². The Kier molecular flexibility index (Phi) is 3.15. The Labute approximate surface area is 95.6 Å². The van der Waals surface area contributed by atoms with Crippen molar-refractivity contribution in [2.75, 3.05) is 5.32 Å². The van der Waals surface area contributed by atoms with Crippen LogP contribution < -0.4 is 5.32 Å². The second-order valence-corrected chi connectivity index (χ2v) is 3.71. The maximum absolute atomic E-state index is 4.26. The topological polar surface area (TPSA) is 37.8 Å². The molecule has 0 saturated carbocycles. The van der Waals surface area contributed by atoms with E-state index in [0.29, 0.717) is 5.95 Å². The van der Waals surface area contributed by atoms with Crippen LogP contribution in [0.2, 0.25) is 0 Å². The molecule has 1 heterocycles. The van der Waals surface area contributed by atoms with Gasteiger partial charge in [-0.05, 0) is 30.5 Å². The summed E-state index contributed by atoms with van der Waals surface area (Å²) in [6.07, 6.45) is 4.67. The van der Waals surface area contributed by atoms with Crippen molar-refractivity contribution in [3.05, 3.63) is 47.8 Å². The van der Waals surface area contributed by atoms with Crippen LogP contribution in [-0.2, 0) is 6.42 Å². The largest absolute Gasteiger partial charge is 0.324 e. The summed E-state index contributed by atoms with van der Waals surface area (Å²) in [5.41, 5.74) is 3.38. The van der Waals surface area contributed by atoms with E-state index in [0.717, 1.165) is 17.7 Å². The van der Waals surface area contributed by atoms with Gasteiger partial charge in [0.1, 0.15) is 0 Å². The van der Waals surface area contributed by atoms with Crippen LogP contribution in [0.4, 0.5) is 11.6 Å². The van der Waals surface area contributed by atoms with E-state index < -0.39 is 0 Å². The van der Waals surface area contributed by atoms with Gasteiger partial charge in [-0.3, -0.25) is 0 Å². The third kappa shape index (κ3) is 2.37. The van der Waals surface area contributed by atoms with Crippen molar-refractivity contribution in [1.29, 1.82) is 0 Å². The zero-order valence-corrected chi connectivity index (χ0v) is 9.57. The molecule has 82 valence electrons. The van der Waals surface area contributed by atoms with Gasteiger partial charge in [0.05, 0.1) is 0 Å². The van der Waals surface area contributed by atoms with Gasteiger partial charge in [-0.15, -0.1) is 0 Å². The lowest BCUT2D eigenvalue weighted by molar-refractivity contribution is 1.05. The molecule has 0 saturated heterocycles. The lowest BCUT2D eigenvalue weighted by Crippen LogP contribution is -1.98. The number of nitrogens with zero attached hydrogens (tertiary/aromatic N) is 2. The summed E-state index contributed by atoms with van der Waals surface area (Å²) < 4.78 is 0. The smallest absolute Gasteiger partial charge is 0.227 e. The van der Waals surface area contributed by atoms with Crippen LogP contribution in [0.5, 0.6) is 0 Å². The normalized spacial score (nSPS) is 10.1. The molecular formula is C13H15N3. The van der Waals surface area contributed by atoms with E-state index in [-0.39, 0.29) is 0 Å². The molecule has 1 aromatic heterocycles. The Morgan fingerprint density at radius 1 is 1.12 bits per heavy atom. The highest BCUT2D eigenvalue weighted by Crippen LogP contribution is 2.16. The third-order valence-corrected chi connectivity index (χ3v) is 2.51. The van der Waals surface area contributed by atoms with Crippen molar-refractivity contribution in [2.24, 2.45) is 0 Å². The summed E-state index contributed by atoms with van der Waals surface area (Å²) in [6, 6.07) is 8.09. The highest BCUT2D eigenvalue weighted by molar-refractivity contribution is 5.57. The van der Waals surface area contributed by atoms with E-state index >= 15 is 0 Å². The maximum atomic E-state index is 4.26. The number of nitrogens with one attached hydrogen (secondary N) is 1. The average molecular weight is 213 g/mol. The highest BCUT2D eigenvalue weighted by Gasteiger charge is 1.99. The highest BCUT2D eigenvalue weighted by atomic mass is 15.1. The molecule has 0 bridgehead atoms. The molecule has 1 N–H and O–H groups in total. The Morgan fingerprint density at radius 3 is 2.44 bits per heavy atom. The molecule has 0 unspecified atom stereocenters. The maximum Gasteiger partial charge on any atom is 0.227 e. The molecule has 0 aliphatic carbocycles. The predicted octanol–water partition coefficient (Wildman–Crippen LogP) is 3.09. The third-order valence-electron chi connectivity index (χ3n) is 2.51. The minimum Gasteiger partial charge on any atom is -0.324 e. The van der Waals surface area contributed by atoms with Gasteiger partial charge in [-0.25, -0.2) is 9.97 Å². The number of hydrogen-bond acceptors (Lipinski definition) is 3. The van der Waals surface area contributed by atoms with E-state index in [1.165, 1.54) is 5.56 Å². The first kappa shape index (κ1) is 10.6. The number of aromatic nitrogens is 2. The van der Waals surface area contributed by atoms with Gasteiger partial charge in [-0.2, -0.15) is 0 Å². The second-order valence-electron chi connectivity index (χ2n) is 3.71. The van der Waals surface area contributed by atoms with E-state index in [2.05, 4.69) is 35.2 Å². The van der Waals surface area contributed by atoms with Crippen molar-refractivity contribution in [3.8, 4) is 0 Å². The van der Waals surface area contributed by atoms with Gasteiger partial charge in [0.2, 0.25) is 5.95 Å². The summed E-state index contributed by atoms with van der Waals surface area (Å²) in [5.74, 6) is 0.645. The Balaban J connectivity index is 2.18. The van der Waals surface area contributed by atoms with Gasteiger partial charge in [0.25, 0.3) is 0 Å². The molecular weight excluding hydrogens is 198 g/mol. The number of benzene rings is 1. The summed E-state index contributed by atoms with van der Waals surface area (Å²) in [7, 11) is 0. The molecule has 0 radical (unpaired) electrons. The Hall–Kier alpha value is -1.90. The monoisotopic (exact) mass is 213 g/mol. The van der Waals surface area contributed by atoms with Crippen LogP contribution >= 0.6 is 0 Å². The van der Waals surface area contributed by atoms with Crippen LogP contribution in [0.15, 0.2) is 36.7 Å². The first-order valence-electron chi connectivity index (χ1n) is 5.43. The minimum absolute atomic E-state index is 0.645. The predicted molar refractivity (Wildman–Crippen MR) is 65.9 cm³/mol. The molecule has 2 aromatic rings. The Bertz CT molecular complexity index is 463. The molecule has 0 atom stereocenters. The van der Waals surface area contributed by atoms with Crippen LogP contribution in [0, 0.1) is 6.92 Å². The zero-order valence-electron chi connectivity index (χ0n) is 9.57. The van der Waals surface area contributed by atoms with Crippen molar-refractivity contribution in [3.63, 3.8) is 0 Å². The molecule has 2 rings (SSSR count). The Morgan fingerprint density at radius 2 is 1.81 bits per heavy atom. The fraction of sp³-hybridized carbons (Fsp3) is 0.231. The molecule has 3 heteroatoms. The first-order valence-corrected chi connectivity index (χ1v) is 5.43. The fourth-order valence-corrected chi connectivity index (χ4v) is 1.44. The SMILES string of the molecule is CCc1cnc(Nc2ccccc2C)nc1. The average Bonchev–Trinajstić information content (AvgIpc) is 2.33. The van der Waals surface area contributed by atoms with Crippen LogP contribution in [0.3, 0.4) is 0 Å². The molecule has 1 aromatic carbocycles. The summed E-state index contributed by atoms with van der Waals surface area (Å²) >= 11 is 0. The molecule has 3 nitrogen and oxygen atoms in total. The van der Waals surface area contributed by atoms with E-state index in [1.807, 2.05) is 30.6 Å². The van der Waals surface area contributed by atoms with Crippen LogP contribution in [0.25, 0.3) is 0 Å². The number of hydrogen-bond donors (Lipinski definition) is 1. The van der Waals surface area contributed by atoms with Crippen molar-refractivity contribution in [1.82, 2.24) is 9.97 Å². The van der Waals surface area contributed by atoms with Gasteiger partial charge >= 0.3 is 0 Å². The van der Waals surface area contributed by atoms with Crippen molar-refractivity contribution >= 4 is 11.6 Å². The lowest BCUT2D eigenvalue weighted by Gasteiger charge is -2.07. The van der Waals surface area contributed by atoms with Crippen molar-refractivity contribution in [2.45, 2.75) is 20.3 Å². The van der Waals surface area contributed by atoms with E-state index in [1.54, 1.807) is 0 Å². The summed E-state index contributed by atoms with van der Waals surface area (Å²) in [6.45, 7) is 4.15. The zero-order chi connectivity index (χ0) is 11.4. The quantitative estimate of drug-likeness (QED) is 0.851. The van der Waals surface area contributed by atoms with Gasteiger partial charge < -0.3 is 5.32 Å². The second kappa shape index (κ2) is 4.75. The molecule has 0 aliphatic heterocycles.